The first-order valence-corrected chi connectivity index (χ1v) is 14.6. The Balaban J connectivity index is 1.87. The van der Waals surface area contributed by atoms with Crippen molar-refractivity contribution in [3.8, 4) is 5.75 Å². The number of carbonyl (C=O) groups is 3. The molecule has 1 aliphatic rings. The molecule has 1 heterocycles. The molecule has 1 fully saturated rings. The Morgan fingerprint density at radius 2 is 1.84 bits per heavy atom. The molecule has 0 saturated carbocycles. The van der Waals surface area contributed by atoms with E-state index in [0.29, 0.717) is 36.1 Å². The smallest absolute Gasteiger partial charge is 0.273 e. The minimum atomic E-state index is -2.25. The third kappa shape index (κ3) is 8.25. The van der Waals surface area contributed by atoms with Crippen LogP contribution in [0.25, 0.3) is 0 Å². The van der Waals surface area contributed by atoms with Crippen LogP contribution in [-0.4, -0.2) is 86.3 Å². The van der Waals surface area contributed by atoms with Gasteiger partial charge in [-0.3, -0.25) is 14.5 Å². The third-order valence-corrected chi connectivity index (χ3v) is 7.71. The topological polar surface area (TPSA) is 108 Å². The van der Waals surface area contributed by atoms with Crippen LogP contribution < -0.4 is 10.1 Å². The van der Waals surface area contributed by atoms with Crippen LogP contribution in [0.2, 0.25) is 0 Å². The Hall–Kier alpha value is -3.21. The van der Waals surface area contributed by atoms with Crippen molar-refractivity contribution in [1.29, 1.82) is 0 Å². The van der Waals surface area contributed by atoms with Gasteiger partial charge in [-0.05, 0) is 57.9 Å². The van der Waals surface area contributed by atoms with Crippen LogP contribution in [0, 0.1) is 12.7 Å². The number of rotatable bonds is 13. The molecule has 9 nitrogen and oxygen atoms in total. The van der Waals surface area contributed by atoms with Gasteiger partial charge in [-0.2, -0.15) is 0 Å². The summed E-state index contributed by atoms with van der Waals surface area (Å²) in [7, 11) is 4.85. The van der Waals surface area contributed by atoms with E-state index in [1.165, 1.54) is 13.1 Å². The van der Waals surface area contributed by atoms with Crippen LogP contribution >= 0.6 is 0 Å². The zero-order chi connectivity index (χ0) is 32.2. The molecule has 0 aromatic heterocycles. The summed E-state index contributed by atoms with van der Waals surface area (Å²) in [6.45, 7) is 11.9. The van der Waals surface area contributed by atoms with Crippen LogP contribution in [-0.2, 0) is 37.6 Å². The van der Waals surface area contributed by atoms with E-state index in [1.54, 1.807) is 33.9 Å². The second-order valence-electron chi connectivity index (χ2n) is 13.1. The number of aldehydes is 1. The van der Waals surface area contributed by atoms with Crippen molar-refractivity contribution in [1.82, 2.24) is 15.1 Å². The maximum atomic E-state index is 15.7. The molecule has 0 aliphatic carbocycles. The zero-order valence-corrected chi connectivity index (χ0v) is 26.6. The molecule has 2 amide bonds. The van der Waals surface area contributed by atoms with Gasteiger partial charge in [-0.15, -0.1) is 0 Å². The number of halogens is 1. The molecule has 2 N–H and O–H groups in total. The SMILES string of the molecule is BC(B)(Oc1cccc(C)c1CN(C=O)C(O)(CCC=O)C(=O)NC)c1ccc(CN2CC(C)(C)OC(C)(C)C2)cc1F. The summed E-state index contributed by atoms with van der Waals surface area (Å²) in [6, 6.07) is 10.5. The fourth-order valence-electron chi connectivity index (χ4n) is 6.04. The van der Waals surface area contributed by atoms with Gasteiger partial charge in [-0.25, -0.2) is 4.39 Å². The predicted octanol–water partition coefficient (Wildman–Crippen LogP) is 1.35. The number of hydrogen-bond donors (Lipinski definition) is 2. The van der Waals surface area contributed by atoms with E-state index in [1.807, 2.05) is 19.1 Å². The maximum Gasteiger partial charge on any atom is 0.273 e. The number of nitrogens with one attached hydrogen (secondary N) is 1. The molecule has 0 spiro atoms. The van der Waals surface area contributed by atoms with Crippen LogP contribution in [0.5, 0.6) is 5.75 Å². The second kappa shape index (κ2) is 13.2. The normalized spacial score (nSPS) is 17.9. The summed E-state index contributed by atoms with van der Waals surface area (Å²) >= 11 is 0. The molecule has 1 atom stereocenters. The van der Waals surface area contributed by atoms with Crippen molar-refractivity contribution >= 4 is 34.3 Å². The number of benzene rings is 2. The fourth-order valence-corrected chi connectivity index (χ4v) is 6.04. The van der Waals surface area contributed by atoms with E-state index in [2.05, 4.69) is 37.9 Å². The van der Waals surface area contributed by atoms with Crippen molar-refractivity contribution in [2.24, 2.45) is 0 Å². The van der Waals surface area contributed by atoms with Crippen molar-refractivity contribution < 1.29 is 33.4 Å². The van der Waals surface area contributed by atoms with Gasteiger partial charge < -0.3 is 29.6 Å². The van der Waals surface area contributed by atoms with Gasteiger partial charge >= 0.3 is 0 Å². The van der Waals surface area contributed by atoms with Crippen molar-refractivity contribution in [3.05, 3.63) is 64.5 Å². The van der Waals surface area contributed by atoms with Crippen LogP contribution in [0.1, 0.15) is 62.8 Å². The Labute approximate surface area is 255 Å². The molecule has 43 heavy (non-hydrogen) atoms. The monoisotopic (exact) mass is 595 g/mol. The number of nitrogens with zero attached hydrogens (tertiary/aromatic N) is 2. The standard InChI is InChI=1S/C31H44B2FN3O6/c1-21-9-7-10-26(23(21)17-37(20-39)30(41,13-8-14-38)27(40)35-6)42-31(32,33)24-12-11-22(15-25(24)34)16-36-18-28(2,3)43-29(4,5)19-36/h7,9-12,14-15,20,41H,8,13,16-19,32-33H2,1-6H3,(H,35,40). The summed E-state index contributed by atoms with van der Waals surface area (Å²) in [4.78, 5) is 39.0. The van der Waals surface area contributed by atoms with Crippen LogP contribution in [0.15, 0.2) is 36.4 Å². The summed E-state index contributed by atoms with van der Waals surface area (Å²) in [5, 5.41) is 12.4. The lowest BCUT2D eigenvalue weighted by Crippen LogP contribution is -2.57. The van der Waals surface area contributed by atoms with Gasteiger partial charge in [0.05, 0.1) is 23.1 Å². The first kappa shape index (κ1) is 34.3. The maximum absolute atomic E-state index is 15.7. The molecular weight excluding hydrogens is 551 g/mol. The average molecular weight is 595 g/mol. The average Bonchev–Trinajstić information content (AvgIpc) is 2.89. The highest BCUT2D eigenvalue weighted by Crippen LogP contribution is 2.33. The number of aliphatic hydroxyl groups is 1. The summed E-state index contributed by atoms with van der Waals surface area (Å²) < 4.78 is 28.2. The highest BCUT2D eigenvalue weighted by Gasteiger charge is 2.42. The lowest BCUT2D eigenvalue weighted by Gasteiger charge is -2.47. The van der Waals surface area contributed by atoms with Crippen molar-refractivity contribution in [2.75, 3.05) is 20.1 Å². The number of hydrogen-bond acceptors (Lipinski definition) is 7. The van der Waals surface area contributed by atoms with Gasteiger partial charge in [-0.1, -0.05) is 24.3 Å². The first-order chi connectivity index (χ1) is 20.0. The molecule has 2 aromatic rings. The molecule has 0 bridgehead atoms. The number of carbonyl (C=O) groups excluding carboxylic acids is 3. The van der Waals surface area contributed by atoms with E-state index in [9.17, 15) is 19.5 Å². The van der Waals surface area contributed by atoms with Gasteiger partial charge in [0.25, 0.3) is 5.91 Å². The van der Waals surface area contributed by atoms with Crippen molar-refractivity contribution in [2.45, 2.75) is 82.9 Å². The minimum Gasteiger partial charge on any atom is -0.501 e. The molecule has 2 aromatic carbocycles. The molecular formula is C31H44B2FN3O6. The molecule has 12 heteroatoms. The largest absolute Gasteiger partial charge is 0.501 e. The first-order valence-electron chi connectivity index (χ1n) is 14.6. The lowest BCUT2D eigenvalue weighted by atomic mass is 9.61. The van der Waals surface area contributed by atoms with Gasteiger partial charge in [0.15, 0.2) is 15.7 Å². The summed E-state index contributed by atoms with van der Waals surface area (Å²) in [6.07, 6.45) is 0.536. The number of morpholine rings is 1. The molecule has 232 valence electrons. The van der Waals surface area contributed by atoms with E-state index in [-0.39, 0.29) is 30.6 Å². The summed E-state index contributed by atoms with van der Waals surface area (Å²) in [5.74, 6) is -0.849. The number of aryl methyl sites for hydroxylation is 1. The zero-order valence-electron chi connectivity index (χ0n) is 26.6. The van der Waals surface area contributed by atoms with Crippen LogP contribution in [0.3, 0.4) is 0 Å². The minimum absolute atomic E-state index is 0.130. The highest BCUT2D eigenvalue weighted by atomic mass is 19.1. The lowest BCUT2D eigenvalue weighted by molar-refractivity contribution is -0.182. The highest BCUT2D eigenvalue weighted by molar-refractivity contribution is 6.39. The van der Waals surface area contributed by atoms with Gasteiger partial charge in [0, 0.05) is 50.7 Å². The number of amides is 2. The van der Waals surface area contributed by atoms with Crippen LogP contribution in [0.4, 0.5) is 4.39 Å². The predicted molar refractivity (Wildman–Crippen MR) is 167 cm³/mol. The van der Waals surface area contributed by atoms with Gasteiger partial charge in [0.1, 0.15) is 17.9 Å². The Morgan fingerprint density at radius 3 is 2.40 bits per heavy atom. The molecule has 1 unspecified atom stereocenters. The quantitative estimate of drug-likeness (QED) is 0.205. The Bertz CT molecular complexity index is 1320. The third-order valence-electron chi connectivity index (χ3n) is 7.71. The molecule has 0 radical (unpaired) electrons. The Kier molecular flexibility index (Phi) is 10.5. The molecule has 1 saturated heterocycles. The second-order valence-corrected chi connectivity index (χ2v) is 13.1. The fraction of sp³-hybridized carbons (Fsp3) is 0.516. The molecule has 3 rings (SSSR count). The number of likely N-dealkylation sites (N-methyl/N-ethyl adjacent to an activating group) is 1. The molecule has 1 aliphatic heterocycles. The summed E-state index contributed by atoms with van der Waals surface area (Å²) in [5.41, 5.74) is -0.414. The van der Waals surface area contributed by atoms with Gasteiger partial charge in [0.2, 0.25) is 12.1 Å². The van der Waals surface area contributed by atoms with Crippen molar-refractivity contribution in [3.63, 3.8) is 0 Å². The van der Waals surface area contributed by atoms with E-state index < -0.39 is 22.8 Å². The van der Waals surface area contributed by atoms with E-state index in [0.717, 1.165) is 29.1 Å². The van der Waals surface area contributed by atoms with E-state index in [4.69, 9.17) is 9.47 Å². The Morgan fingerprint density at radius 1 is 1.19 bits per heavy atom. The van der Waals surface area contributed by atoms with E-state index >= 15 is 4.39 Å². The number of ether oxygens (including phenoxy) is 2.